The lowest BCUT2D eigenvalue weighted by Gasteiger charge is -2.14. The molecule has 2 rings (SSSR count). The lowest BCUT2D eigenvalue weighted by atomic mass is 10.1. The molecule has 4 nitrogen and oxygen atoms in total. The van der Waals surface area contributed by atoms with Crippen LogP contribution in [0.1, 0.15) is 23.1 Å². The smallest absolute Gasteiger partial charge is 0.220 e. The van der Waals surface area contributed by atoms with Gasteiger partial charge in [0, 0.05) is 13.0 Å². The number of carbonyl (C=O) groups excluding carboxylic acids is 1. The van der Waals surface area contributed by atoms with Gasteiger partial charge in [0.05, 0.1) is 0 Å². The van der Waals surface area contributed by atoms with E-state index in [1.54, 1.807) is 0 Å². The molecule has 0 aliphatic heterocycles. The second kappa shape index (κ2) is 9.08. The summed E-state index contributed by atoms with van der Waals surface area (Å²) in [6, 6.07) is 15.8. The minimum Gasteiger partial charge on any atom is -0.491 e. The first-order chi connectivity index (χ1) is 11.5. The molecule has 0 saturated heterocycles. The van der Waals surface area contributed by atoms with Crippen molar-refractivity contribution in [1.29, 1.82) is 0 Å². The van der Waals surface area contributed by atoms with Crippen LogP contribution < -0.4 is 10.1 Å². The zero-order valence-corrected chi connectivity index (χ0v) is 14.3. The molecule has 0 saturated carbocycles. The van der Waals surface area contributed by atoms with Gasteiger partial charge in [0.2, 0.25) is 5.91 Å². The third-order valence-corrected chi connectivity index (χ3v) is 3.82. The Morgan fingerprint density at radius 3 is 2.54 bits per heavy atom. The van der Waals surface area contributed by atoms with E-state index in [0.29, 0.717) is 12.8 Å². The maximum atomic E-state index is 11.9. The molecule has 0 aromatic heterocycles. The van der Waals surface area contributed by atoms with Gasteiger partial charge in [-0.15, -0.1) is 0 Å². The summed E-state index contributed by atoms with van der Waals surface area (Å²) < 4.78 is 5.57. The van der Waals surface area contributed by atoms with E-state index in [1.165, 1.54) is 5.56 Å². The summed E-state index contributed by atoms with van der Waals surface area (Å²) >= 11 is 0. The molecule has 1 atom stereocenters. The van der Waals surface area contributed by atoms with Crippen LogP contribution in [0, 0.1) is 13.8 Å². The zero-order chi connectivity index (χ0) is 17.4. The highest BCUT2D eigenvalue weighted by Gasteiger charge is 2.09. The molecule has 2 N–H and O–H groups in total. The monoisotopic (exact) mass is 327 g/mol. The fourth-order valence-electron chi connectivity index (χ4n) is 2.30. The van der Waals surface area contributed by atoms with Crippen molar-refractivity contribution in [3.63, 3.8) is 0 Å². The van der Waals surface area contributed by atoms with Gasteiger partial charge in [0.25, 0.3) is 0 Å². The van der Waals surface area contributed by atoms with Crippen LogP contribution in [0.3, 0.4) is 0 Å². The summed E-state index contributed by atoms with van der Waals surface area (Å²) in [5.74, 6) is 0.688. The van der Waals surface area contributed by atoms with Crippen LogP contribution in [0.15, 0.2) is 48.5 Å². The highest BCUT2D eigenvalue weighted by molar-refractivity contribution is 5.76. The number of aliphatic hydroxyl groups is 1. The number of hydrogen-bond donors (Lipinski definition) is 2. The average molecular weight is 327 g/mol. The third-order valence-electron chi connectivity index (χ3n) is 3.82. The Balaban J connectivity index is 1.65. The van der Waals surface area contributed by atoms with Crippen molar-refractivity contribution in [2.75, 3.05) is 13.2 Å². The van der Waals surface area contributed by atoms with Gasteiger partial charge in [-0.2, -0.15) is 0 Å². The van der Waals surface area contributed by atoms with Crippen molar-refractivity contribution >= 4 is 5.91 Å². The third kappa shape index (κ3) is 6.05. The van der Waals surface area contributed by atoms with Gasteiger partial charge in [0.1, 0.15) is 18.5 Å². The quantitative estimate of drug-likeness (QED) is 0.784. The number of amides is 1. The number of benzene rings is 2. The first-order valence-corrected chi connectivity index (χ1v) is 8.23. The minimum absolute atomic E-state index is 0.0643. The lowest BCUT2D eigenvalue weighted by Crippen LogP contribution is -2.35. The summed E-state index contributed by atoms with van der Waals surface area (Å²) in [5.41, 5.74) is 3.37. The van der Waals surface area contributed by atoms with Gasteiger partial charge < -0.3 is 15.2 Å². The molecule has 0 aliphatic carbocycles. The summed E-state index contributed by atoms with van der Waals surface area (Å²) in [5, 5.41) is 12.7. The van der Waals surface area contributed by atoms with Crippen molar-refractivity contribution in [1.82, 2.24) is 5.32 Å². The standard InChI is InChI=1S/C20H25NO3/c1-15-7-9-17(10-8-15)11-12-20(23)21-13-18(22)14-24-19-6-4-3-5-16(19)2/h3-10,18,22H,11-14H2,1-2H3,(H,21,23). The Morgan fingerprint density at radius 1 is 1.12 bits per heavy atom. The van der Waals surface area contributed by atoms with E-state index in [2.05, 4.69) is 5.32 Å². The fourth-order valence-corrected chi connectivity index (χ4v) is 2.30. The maximum Gasteiger partial charge on any atom is 0.220 e. The Bertz CT molecular complexity index is 652. The maximum absolute atomic E-state index is 11.9. The number of nitrogens with one attached hydrogen (secondary N) is 1. The molecule has 0 spiro atoms. The number of para-hydroxylation sites is 1. The Labute approximate surface area is 143 Å². The van der Waals surface area contributed by atoms with Gasteiger partial charge in [-0.05, 0) is 37.5 Å². The highest BCUT2D eigenvalue weighted by atomic mass is 16.5. The van der Waals surface area contributed by atoms with Crippen molar-refractivity contribution in [2.24, 2.45) is 0 Å². The normalized spacial score (nSPS) is 11.8. The van der Waals surface area contributed by atoms with Crippen LogP contribution in [0.2, 0.25) is 0 Å². The molecule has 1 unspecified atom stereocenters. The average Bonchev–Trinajstić information content (AvgIpc) is 2.58. The first-order valence-electron chi connectivity index (χ1n) is 8.23. The molecular weight excluding hydrogens is 302 g/mol. The summed E-state index contributed by atoms with van der Waals surface area (Å²) in [6.45, 7) is 4.34. The van der Waals surface area contributed by atoms with Crippen molar-refractivity contribution in [2.45, 2.75) is 32.8 Å². The predicted octanol–water partition coefficient (Wildman–Crippen LogP) is 2.79. The molecule has 24 heavy (non-hydrogen) atoms. The number of ether oxygens (including phenoxy) is 1. The second-order valence-corrected chi connectivity index (χ2v) is 6.02. The van der Waals surface area contributed by atoms with Crippen molar-refractivity contribution in [3.05, 3.63) is 65.2 Å². The number of aryl methyl sites for hydroxylation is 3. The summed E-state index contributed by atoms with van der Waals surface area (Å²) in [6.07, 6.45) is 0.379. The van der Waals surface area contributed by atoms with Gasteiger partial charge in [-0.25, -0.2) is 0 Å². The van der Waals surface area contributed by atoms with E-state index in [1.807, 2.05) is 62.4 Å². The summed E-state index contributed by atoms with van der Waals surface area (Å²) in [4.78, 5) is 11.9. The van der Waals surface area contributed by atoms with Crippen molar-refractivity contribution < 1.29 is 14.6 Å². The van der Waals surface area contributed by atoms with Crippen LogP contribution in [0.4, 0.5) is 0 Å². The Morgan fingerprint density at radius 2 is 1.83 bits per heavy atom. The molecule has 0 aliphatic rings. The molecule has 0 bridgehead atoms. The van der Waals surface area contributed by atoms with Crippen LogP contribution in [-0.2, 0) is 11.2 Å². The number of carbonyl (C=O) groups is 1. The molecule has 2 aromatic rings. The zero-order valence-electron chi connectivity index (χ0n) is 14.3. The van der Waals surface area contributed by atoms with Crippen molar-refractivity contribution in [3.8, 4) is 5.75 Å². The molecule has 2 aromatic carbocycles. The van der Waals surface area contributed by atoms with Crippen LogP contribution in [0.5, 0.6) is 5.75 Å². The SMILES string of the molecule is Cc1ccc(CCC(=O)NCC(O)COc2ccccc2C)cc1. The molecule has 4 heteroatoms. The van der Waals surface area contributed by atoms with Crippen LogP contribution >= 0.6 is 0 Å². The molecular formula is C20H25NO3. The van der Waals surface area contributed by atoms with E-state index in [-0.39, 0.29) is 19.1 Å². The molecule has 0 fully saturated rings. The van der Waals surface area contributed by atoms with Gasteiger partial charge in [0.15, 0.2) is 0 Å². The van der Waals surface area contributed by atoms with E-state index >= 15 is 0 Å². The topological polar surface area (TPSA) is 58.6 Å². The minimum atomic E-state index is -0.729. The number of hydrogen-bond acceptors (Lipinski definition) is 3. The molecule has 0 heterocycles. The predicted molar refractivity (Wildman–Crippen MR) is 95.2 cm³/mol. The molecule has 128 valence electrons. The van der Waals surface area contributed by atoms with E-state index in [9.17, 15) is 9.90 Å². The largest absolute Gasteiger partial charge is 0.491 e. The van der Waals surface area contributed by atoms with Crippen LogP contribution in [-0.4, -0.2) is 30.3 Å². The fraction of sp³-hybridized carbons (Fsp3) is 0.350. The lowest BCUT2D eigenvalue weighted by molar-refractivity contribution is -0.121. The molecule has 1 amide bonds. The first kappa shape index (κ1) is 18.0. The number of aliphatic hydroxyl groups excluding tert-OH is 1. The van der Waals surface area contributed by atoms with E-state index < -0.39 is 6.10 Å². The second-order valence-electron chi connectivity index (χ2n) is 6.02. The number of rotatable bonds is 8. The summed E-state index contributed by atoms with van der Waals surface area (Å²) in [7, 11) is 0. The van der Waals surface area contributed by atoms with E-state index in [4.69, 9.17) is 4.74 Å². The van der Waals surface area contributed by atoms with Gasteiger partial charge in [-0.3, -0.25) is 4.79 Å². The Hall–Kier alpha value is -2.33. The molecule has 0 radical (unpaired) electrons. The van der Waals surface area contributed by atoms with Gasteiger partial charge >= 0.3 is 0 Å². The van der Waals surface area contributed by atoms with Gasteiger partial charge in [-0.1, -0.05) is 48.0 Å². The Kier molecular flexibility index (Phi) is 6.82. The van der Waals surface area contributed by atoms with E-state index in [0.717, 1.165) is 16.9 Å². The van der Waals surface area contributed by atoms with Crippen LogP contribution in [0.25, 0.3) is 0 Å². The highest BCUT2D eigenvalue weighted by Crippen LogP contribution is 2.16.